The van der Waals surface area contributed by atoms with Gasteiger partial charge in [0.2, 0.25) is 0 Å². The maximum atomic E-state index is 5.60. The number of aryl methyl sites for hydroxylation is 1. The first-order chi connectivity index (χ1) is 8.24. The van der Waals surface area contributed by atoms with E-state index in [9.17, 15) is 0 Å². The van der Waals surface area contributed by atoms with Crippen LogP contribution in [0.4, 0.5) is 0 Å². The number of nitrogens with one attached hydrogen (secondary N) is 2. The van der Waals surface area contributed by atoms with Crippen molar-refractivity contribution in [3.63, 3.8) is 0 Å². The summed E-state index contributed by atoms with van der Waals surface area (Å²) in [7, 11) is 0. The molecule has 0 bridgehead atoms. The molecule has 2 rings (SSSR count). The van der Waals surface area contributed by atoms with E-state index >= 15 is 0 Å². The van der Waals surface area contributed by atoms with Gasteiger partial charge in [0.1, 0.15) is 12.4 Å². The van der Waals surface area contributed by atoms with E-state index in [-0.39, 0.29) is 0 Å². The van der Waals surface area contributed by atoms with Crippen LogP contribution in [-0.2, 0) is 0 Å². The maximum Gasteiger partial charge on any atom is 0.191 e. The molecule has 1 heterocycles. The van der Waals surface area contributed by atoms with E-state index in [1.165, 1.54) is 5.56 Å². The standard InChI is InChI=1S/C13H19N3O/c1-10-3-5-12(6-4-10)17-8-7-14-13-15-9-11(2)16-13/h3-6,11H,7-9H2,1-2H3,(H2,14,15,16). The fourth-order valence-electron chi connectivity index (χ4n) is 1.63. The Balaban J connectivity index is 1.65. The minimum absolute atomic E-state index is 0.440. The summed E-state index contributed by atoms with van der Waals surface area (Å²) < 4.78 is 5.60. The molecule has 1 aliphatic rings. The molecule has 4 nitrogen and oxygen atoms in total. The van der Waals surface area contributed by atoms with Gasteiger partial charge >= 0.3 is 0 Å². The molecule has 0 amide bonds. The number of benzene rings is 1. The highest BCUT2D eigenvalue weighted by atomic mass is 16.5. The molecular formula is C13H19N3O. The molecule has 17 heavy (non-hydrogen) atoms. The van der Waals surface area contributed by atoms with Gasteiger partial charge in [0.15, 0.2) is 5.96 Å². The van der Waals surface area contributed by atoms with Gasteiger partial charge in [0.05, 0.1) is 13.1 Å². The molecule has 4 heteroatoms. The van der Waals surface area contributed by atoms with Crippen LogP contribution >= 0.6 is 0 Å². The number of guanidine groups is 1. The Hall–Kier alpha value is -1.71. The molecule has 1 aromatic carbocycles. The van der Waals surface area contributed by atoms with Crippen molar-refractivity contribution in [3.8, 4) is 5.75 Å². The van der Waals surface area contributed by atoms with Crippen molar-refractivity contribution in [2.45, 2.75) is 19.9 Å². The van der Waals surface area contributed by atoms with Gasteiger partial charge in [0, 0.05) is 6.04 Å². The number of rotatable bonds is 4. The van der Waals surface area contributed by atoms with Crippen LogP contribution in [0.5, 0.6) is 5.75 Å². The van der Waals surface area contributed by atoms with E-state index < -0.39 is 0 Å². The molecule has 92 valence electrons. The SMILES string of the molecule is Cc1ccc(OCCNC2=NCC(C)N2)cc1. The Bertz CT molecular complexity index is 386. The Labute approximate surface area is 102 Å². The predicted octanol–water partition coefficient (Wildman–Crippen LogP) is 1.31. The van der Waals surface area contributed by atoms with Crippen LogP contribution in [0.15, 0.2) is 29.3 Å². The van der Waals surface area contributed by atoms with Crippen molar-refractivity contribution in [3.05, 3.63) is 29.8 Å². The molecular weight excluding hydrogens is 214 g/mol. The van der Waals surface area contributed by atoms with E-state index in [0.717, 1.165) is 24.8 Å². The number of hydrogen-bond acceptors (Lipinski definition) is 4. The van der Waals surface area contributed by atoms with Gasteiger partial charge in [-0.15, -0.1) is 0 Å². The van der Waals surface area contributed by atoms with Crippen molar-refractivity contribution < 1.29 is 4.74 Å². The summed E-state index contributed by atoms with van der Waals surface area (Å²) >= 11 is 0. The number of ether oxygens (including phenoxy) is 1. The molecule has 0 saturated heterocycles. The monoisotopic (exact) mass is 233 g/mol. The third-order valence-corrected chi connectivity index (χ3v) is 2.59. The average molecular weight is 233 g/mol. The van der Waals surface area contributed by atoms with Crippen LogP contribution in [0.1, 0.15) is 12.5 Å². The Morgan fingerprint density at radius 3 is 2.82 bits per heavy atom. The summed E-state index contributed by atoms with van der Waals surface area (Å²) in [6.45, 7) is 6.42. The Morgan fingerprint density at radius 1 is 1.41 bits per heavy atom. The Morgan fingerprint density at radius 2 is 2.18 bits per heavy atom. The third kappa shape index (κ3) is 3.66. The van der Waals surface area contributed by atoms with E-state index in [2.05, 4.69) is 29.5 Å². The lowest BCUT2D eigenvalue weighted by Gasteiger charge is -2.10. The minimum Gasteiger partial charge on any atom is -0.492 e. The number of hydrogen-bond donors (Lipinski definition) is 2. The molecule has 0 saturated carbocycles. The molecule has 1 atom stereocenters. The van der Waals surface area contributed by atoms with Crippen molar-refractivity contribution in [1.29, 1.82) is 0 Å². The first kappa shape index (κ1) is 11.8. The zero-order valence-electron chi connectivity index (χ0n) is 10.4. The molecule has 2 N–H and O–H groups in total. The van der Waals surface area contributed by atoms with Crippen LogP contribution in [0.3, 0.4) is 0 Å². The average Bonchev–Trinajstić information content (AvgIpc) is 2.73. The van der Waals surface area contributed by atoms with Gasteiger partial charge in [-0.2, -0.15) is 0 Å². The van der Waals surface area contributed by atoms with E-state index in [0.29, 0.717) is 12.6 Å². The quantitative estimate of drug-likeness (QED) is 0.771. The summed E-state index contributed by atoms with van der Waals surface area (Å²) in [5.41, 5.74) is 1.24. The van der Waals surface area contributed by atoms with Gasteiger partial charge < -0.3 is 15.4 Å². The normalized spacial score (nSPS) is 18.5. The Kier molecular flexibility index (Phi) is 3.85. The summed E-state index contributed by atoms with van der Waals surface area (Å²) in [5.74, 6) is 1.79. The van der Waals surface area contributed by atoms with Gasteiger partial charge in [-0.1, -0.05) is 17.7 Å². The molecule has 0 spiro atoms. The predicted molar refractivity (Wildman–Crippen MR) is 69.6 cm³/mol. The van der Waals surface area contributed by atoms with Crippen LogP contribution in [0.2, 0.25) is 0 Å². The van der Waals surface area contributed by atoms with Crippen molar-refractivity contribution in [2.75, 3.05) is 19.7 Å². The lowest BCUT2D eigenvalue weighted by atomic mass is 10.2. The second kappa shape index (κ2) is 5.57. The van der Waals surface area contributed by atoms with Gasteiger partial charge in [-0.3, -0.25) is 4.99 Å². The van der Waals surface area contributed by atoms with E-state index in [4.69, 9.17) is 4.74 Å². The minimum atomic E-state index is 0.440. The van der Waals surface area contributed by atoms with E-state index in [1.807, 2.05) is 24.3 Å². The second-order valence-corrected chi connectivity index (χ2v) is 4.32. The molecule has 0 aliphatic carbocycles. The molecule has 1 aliphatic heterocycles. The van der Waals surface area contributed by atoms with Crippen LogP contribution < -0.4 is 15.4 Å². The smallest absolute Gasteiger partial charge is 0.191 e. The fourth-order valence-corrected chi connectivity index (χ4v) is 1.63. The lowest BCUT2D eigenvalue weighted by molar-refractivity contribution is 0.322. The maximum absolute atomic E-state index is 5.60. The van der Waals surface area contributed by atoms with Gasteiger partial charge in [-0.25, -0.2) is 0 Å². The largest absolute Gasteiger partial charge is 0.492 e. The number of nitrogens with zero attached hydrogens (tertiary/aromatic N) is 1. The van der Waals surface area contributed by atoms with Crippen LogP contribution in [0.25, 0.3) is 0 Å². The molecule has 0 radical (unpaired) electrons. The topological polar surface area (TPSA) is 45.6 Å². The second-order valence-electron chi connectivity index (χ2n) is 4.32. The van der Waals surface area contributed by atoms with Crippen LogP contribution in [-0.4, -0.2) is 31.7 Å². The first-order valence-electron chi connectivity index (χ1n) is 5.98. The molecule has 1 aromatic rings. The molecule has 0 aromatic heterocycles. The highest BCUT2D eigenvalue weighted by Gasteiger charge is 2.10. The lowest BCUT2D eigenvalue weighted by Crippen LogP contribution is -2.39. The zero-order valence-corrected chi connectivity index (χ0v) is 10.4. The summed E-state index contributed by atoms with van der Waals surface area (Å²) in [5, 5.41) is 6.45. The van der Waals surface area contributed by atoms with Crippen molar-refractivity contribution >= 4 is 5.96 Å². The van der Waals surface area contributed by atoms with Crippen LogP contribution in [0, 0.1) is 6.92 Å². The first-order valence-corrected chi connectivity index (χ1v) is 5.98. The van der Waals surface area contributed by atoms with Crippen molar-refractivity contribution in [1.82, 2.24) is 10.6 Å². The third-order valence-electron chi connectivity index (χ3n) is 2.59. The zero-order chi connectivity index (χ0) is 12.1. The number of aliphatic imine (C=N–C) groups is 1. The summed E-state index contributed by atoms with van der Waals surface area (Å²) in [6.07, 6.45) is 0. The fraction of sp³-hybridized carbons (Fsp3) is 0.462. The molecule has 0 fully saturated rings. The highest BCUT2D eigenvalue weighted by molar-refractivity contribution is 5.81. The summed E-state index contributed by atoms with van der Waals surface area (Å²) in [6, 6.07) is 8.52. The van der Waals surface area contributed by atoms with E-state index in [1.54, 1.807) is 0 Å². The van der Waals surface area contributed by atoms with Gasteiger partial charge in [0.25, 0.3) is 0 Å². The summed E-state index contributed by atoms with van der Waals surface area (Å²) in [4.78, 5) is 4.31. The van der Waals surface area contributed by atoms with Gasteiger partial charge in [-0.05, 0) is 26.0 Å². The highest BCUT2D eigenvalue weighted by Crippen LogP contribution is 2.10. The van der Waals surface area contributed by atoms with Crippen molar-refractivity contribution in [2.24, 2.45) is 4.99 Å². The molecule has 1 unspecified atom stereocenters.